The van der Waals surface area contributed by atoms with E-state index in [9.17, 15) is 13.2 Å². The fourth-order valence-corrected chi connectivity index (χ4v) is 2.61. The van der Waals surface area contributed by atoms with Crippen molar-refractivity contribution in [3.05, 3.63) is 0 Å². The van der Waals surface area contributed by atoms with Crippen LogP contribution in [-0.2, 0) is 4.74 Å². The van der Waals surface area contributed by atoms with Crippen molar-refractivity contribution >= 4 is 5.96 Å². The Labute approximate surface area is 137 Å². The minimum atomic E-state index is -4.06. The van der Waals surface area contributed by atoms with Crippen LogP contribution in [-0.4, -0.2) is 56.9 Å². The van der Waals surface area contributed by atoms with E-state index < -0.39 is 12.6 Å². The fraction of sp³-hybridized carbons (Fsp3) is 0.938. The highest BCUT2D eigenvalue weighted by molar-refractivity contribution is 5.79. The van der Waals surface area contributed by atoms with Crippen LogP contribution in [0, 0.1) is 5.92 Å². The van der Waals surface area contributed by atoms with Crippen LogP contribution in [0.3, 0.4) is 0 Å². The van der Waals surface area contributed by atoms with Gasteiger partial charge in [-0.25, -0.2) is 0 Å². The molecule has 0 aromatic rings. The van der Waals surface area contributed by atoms with Crippen molar-refractivity contribution in [2.75, 3.05) is 39.9 Å². The minimum absolute atomic E-state index is 0.137. The predicted octanol–water partition coefficient (Wildman–Crippen LogP) is 3.43. The van der Waals surface area contributed by atoms with Crippen LogP contribution in [0.2, 0.25) is 0 Å². The Balaban J connectivity index is 2.31. The van der Waals surface area contributed by atoms with Gasteiger partial charge in [-0.15, -0.1) is 0 Å². The summed E-state index contributed by atoms with van der Waals surface area (Å²) in [6, 6.07) is 0. The molecule has 0 saturated carbocycles. The Morgan fingerprint density at radius 2 is 1.96 bits per heavy atom. The standard InChI is InChI=1S/C16H30F3N3O/c1-3-20-15(21-10-5-4-9-16(17,18)19)22(2)11-6-14-7-12-23-13-8-14/h14H,3-13H2,1-2H3,(H,20,21). The lowest BCUT2D eigenvalue weighted by Crippen LogP contribution is -2.40. The lowest BCUT2D eigenvalue weighted by atomic mass is 9.96. The third kappa shape index (κ3) is 9.69. The second-order valence-corrected chi connectivity index (χ2v) is 6.07. The molecule has 23 heavy (non-hydrogen) atoms. The fourth-order valence-electron chi connectivity index (χ4n) is 2.61. The molecular weight excluding hydrogens is 307 g/mol. The molecule has 4 nitrogen and oxygen atoms in total. The van der Waals surface area contributed by atoms with Crippen molar-refractivity contribution in [2.45, 2.75) is 51.6 Å². The van der Waals surface area contributed by atoms with Crippen LogP contribution < -0.4 is 5.32 Å². The largest absolute Gasteiger partial charge is 0.389 e. The number of nitrogens with zero attached hydrogens (tertiary/aromatic N) is 2. The molecule has 136 valence electrons. The zero-order chi connectivity index (χ0) is 17.1. The summed E-state index contributed by atoms with van der Waals surface area (Å²) in [6.07, 6.45) is -0.871. The number of halogens is 3. The van der Waals surface area contributed by atoms with Crippen LogP contribution in [0.1, 0.15) is 45.4 Å². The number of hydrogen-bond donors (Lipinski definition) is 1. The number of ether oxygens (including phenoxy) is 1. The average Bonchev–Trinajstić information content (AvgIpc) is 2.51. The van der Waals surface area contributed by atoms with E-state index in [-0.39, 0.29) is 6.42 Å². The zero-order valence-electron chi connectivity index (χ0n) is 14.3. The molecule has 1 N–H and O–H groups in total. The third-order valence-corrected chi connectivity index (χ3v) is 4.04. The van der Waals surface area contributed by atoms with Gasteiger partial charge in [0.15, 0.2) is 5.96 Å². The number of unbranched alkanes of at least 4 members (excludes halogenated alkanes) is 1. The first kappa shape index (κ1) is 20.1. The van der Waals surface area contributed by atoms with Gasteiger partial charge in [-0.3, -0.25) is 4.99 Å². The molecule has 0 aliphatic carbocycles. The van der Waals surface area contributed by atoms with Gasteiger partial charge in [-0.1, -0.05) is 0 Å². The van der Waals surface area contributed by atoms with Crippen LogP contribution in [0.15, 0.2) is 4.99 Å². The summed E-state index contributed by atoms with van der Waals surface area (Å²) >= 11 is 0. The quantitative estimate of drug-likeness (QED) is 0.419. The predicted molar refractivity (Wildman–Crippen MR) is 86.7 cm³/mol. The Morgan fingerprint density at radius 3 is 2.57 bits per heavy atom. The summed E-state index contributed by atoms with van der Waals surface area (Å²) in [5.74, 6) is 1.48. The number of nitrogens with one attached hydrogen (secondary N) is 1. The lowest BCUT2D eigenvalue weighted by Gasteiger charge is -2.26. The molecule has 0 unspecified atom stereocenters. The summed E-state index contributed by atoms with van der Waals surface area (Å²) < 4.78 is 41.7. The van der Waals surface area contributed by atoms with Crippen molar-refractivity contribution in [1.82, 2.24) is 10.2 Å². The van der Waals surface area contributed by atoms with E-state index in [1.807, 2.05) is 14.0 Å². The molecular formula is C16H30F3N3O. The van der Waals surface area contributed by atoms with E-state index >= 15 is 0 Å². The Bertz CT molecular complexity index is 342. The molecule has 1 aliphatic heterocycles. The van der Waals surface area contributed by atoms with E-state index in [4.69, 9.17) is 4.74 Å². The van der Waals surface area contributed by atoms with Gasteiger partial charge >= 0.3 is 6.18 Å². The maximum Gasteiger partial charge on any atom is 0.389 e. The molecule has 0 radical (unpaired) electrons. The first-order valence-corrected chi connectivity index (χ1v) is 8.56. The molecule has 1 heterocycles. The van der Waals surface area contributed by atoms with Gasteiger partial charge in [0, 0.05) is 46.3 Å². The third-order valence-electron chi connectivity index (χ3n) is 4.04. The molecule has 1 saturated heterocycles. The topological polar surface area (TPSA) is 36.9 Å². The van der Waals surface area contributed by atoms with Crippen LogP contribution in [0.4, 0.5) is 13.2 Å². The number of alkyl halides is 3. The summed E-state index contributed by atoms with van der Waals surface area (Å²) in [7, 11) is 1.98. The zero-order valence-corrected chi connectivity index (χ0v) is 14.3. The van der Waals surface area contributed by atoms with Crippen LogP contribution in [0.25, 0.3) is 0 Å². The lowest BCUT2D eigenvalue weighted by molar-refractivity contribution is -0.135. The monoisotopic (exact) mass is 337 g/mol. The second kappa shape index (κ2) is 10.7. The number of rotatable bonds is 8. The molecule has 0 aromatic heterocycles. The molecule has 0 aromatic carbocycles. The SMILES string of the molecule is CCNC(=NCCCCC(F)(F)F)N(C)CCC1CCOCC1. The first-order chi connectivity index (χ1) is 10.9. The Morgan fingerprint density at radius 1 is 1.26 bits per heavy atom. The van der Waals surface area contributed by atoms with Gasteiger partial charge in [0.05, 0.1) is 0 Å². The summed E-state index contributed by atoms with van der Waals surface area (Å²) in [5.41, 5.74) is 0. The molecule has 7 heteroatoms. The summed E-state index contributed by atoms with van der Waals surface area (Å²) in [4.78, 5) is 6.51. The molecule has 0 bridgehead atoms. The summed E-state index contributed by atoms with van der Waals surface area (Å²) in [6.45, 7) is 5.77. The normalized spacial score (nSPS) is 17.3. The van der Waals surface area contributed by atoms with E-state index in [1.165, 1.54) is 0 Å². The van der Waals surface area contributed by atoms with Crippen LogP contribution >= 0.6 is 0 Å². The van der Waals surface area contributed by atoms with E-state index in [0.29, 0.717) is 18.9 Å². The first-order valence-electron chi connectivity index (χ1n) is 8.56. The van der Waals surface area contributed by atoms with Gasteiger partial charge in [-0.2, -0.15) is 13.2 Å². The highest BCUT2D eigenvalue weighted by atomic mass is 19.4. The molecule has 0 spiro atoms. The second-order valence-electron chi connectivity index (χ2n) is 6.07. The number of hydrogen-bond acceptors (Lipinski definition) is 2. The van der Waals surface area contributed by atoms with Crippen molar-refractivity contribution in [1.29, 1.82) is 0 Å². The van der Waals surface area contributed by atoms with E-state index in [2.05, 4.69) is 15.2 Å². The van der Waals surface area contributed by atoms with E-state index in [0.717, 1.165) is 51.5 Å². The maximum atomic E-state index is 12.1. The summed E-state index contributed by atoms with van der Waals surface area (Å²) in [5, 5.41) is 3.21. The van der Waals surface area contributed by atoms with Crippen molar-refractivity contribution in [2.24, 2.45) is 10.9 Å². The van der Waals surface area contributed by atoms with Gasteiger partial charge in [0.25, 0.3) is 0 Å². The Hall–Kier alpha value is -0.980. The number of aliphatic imine (C=N–C) groups is 1. The van der Waals surface area contributed by atoms with Crippen molar-refractivity contribution in [3.8, 4) is 0 Å². The smallest absolute Gasteiger partial charge is 0.381 e. The van der Waals surface area contributed by atoms with Crippen LogP contribution in [0.5, 0.6) is 0 Å². The average molecular weight is 337 g/mol. The molecule has 0 amide bonds. The van der Waals surface area contributed by atoms with Gasteiger partial charge in [0.2, 0.25) is 0 Å². The molecule has 0 atom stereocenters. The number of guanidine groups is 1. The molecule has 1 rings (SSSR count). The van der Waals surface area contributed by atoms with Gasteiger partial charge in [0.1, 0.15) is 0 Å². The highest BCUT2D eigenvalue weighted by Gasteiger charge is 2.25. The molecule has 1 aliphatic rings. The minimum Gasteiger partial charge on any atom is -0.381 e. The van der Waals surface area contributed by atoms with Gasteiger partial charge < -0.3 is 15.0 Å². The van der Waals surface area contributed by atoms with Crippen molar-refractivity contribution < 1.29 is 17.9 Å². The molecule has 1 fully saturated rings. The Kier molecular flexibility index (Phi) is 9.36. The maximum absolute atomic E-state index is 12.1. The highest BCUT2D eigenvalue weighted by Crippen LogP contribution is 2.22. The van der Waals surface area contributed by atoms with Gasteiger partial charge in [-0.05, 0) is 44.9 Å². The van der Waals surface area contributed by atoms with Crippen molar-refractivity contribution in [3.63, 3.8) is 0 Å². The van der Waals surface area contributed by atoms with E-state index in [1.54, 1.807) is 0 Å².